The predicted octanol–water partition coefficient (Wildman–Crippen LogP) is 3.04. The first-order chi connectivity index (χ1) is 8.68. The number of rotatable bonds is 4. The van der Waals surface area contributed by atoms with Gasteiger partial charge in [0, 0.05) is 12.2 Å². The molecule has 3 heteroatoms. The lowest BCUT2D eigenvalue weighted by Crippen LogP contribution is -2.32. The summed E-state index contributed by atoms with van der Waals surface area (Å²) in [6, 6.07) is 7.92. The van der Waals surface area contributed by atoms with Crippen LogP contribution in [-0.4, -0.2) is 18.8 Å². The van der Waals surface area contributed by atoms with Crippen molar-refractivity contribution in [1.82, 2.24) is 0 Å². The number of para-hydroxylation sites is 1. The van der Waals surface area contributed by atoms with Gasteiger partial charge in [0.15, 0.2) is 0 Å². The van der Waals surface area contributed by atoms with Crippen molar-refractivity contribution in [3.63, 3.8) is 0 Å². The summed E-state index contributed by atoms with van der Waals surface area (Å²) in [6.07, 6.45) is 3.66. The van der Waals surface area contributed by atoms with Gasteiger partial charge >= 0.3 is 0 Å². The topological polar surface area (TPSA) is 44.5 Å². The lowest BCUT2D eigenvalue weighted by atomic mass is 9.96. The summed E-state index contributed by atoms with van der Waals surface area (Å²) in [5, 5.41) is 0. The van der Waals surface area contributed by atoms with Crippen LogP contribution in [0, 0.1) is 0 Å². The first kappa shape index (κ1) is 13.4. The van der Waals surface area contributed by atoms with Gasteiger partial charge < -0.3 is 15.2 Å². The third-order valence-corrected chi connectivity index (χ3v) is 3.26. The minimum Gasteiger partial charge on any atom is -0.491 e. The molecule has 2 N–H and O–H groups in total. The molecule has 2 rings (SSSR count). The van der Waals surface area contributed by atoms with E-state index in [1.54, 1.807) is 0 Å². The molecule has 1 aromatic rings. The summed E-state index contributed by atoms with van der Waals surface area (Å²) < 4.78 is 11.6. The molecule has 1 aliphatic rings. The maximum absolute atomic E-state index is 6.34. The molecular weight excluding hydrogens is 226 g/mol. The highest BCUT2D eigenvalue weighted by molar-refractivity contribution is 5.36. The molecule has 0 bridgehead atoms. The highest BCUT2D eigenvalue weighted by atomic mass is 16.5. The van der Waals surface area contributed by atoms with Gasteiger partial charge in [-0.2, -0.15) is 0 Å². The van der Waals surface area contributed by atoms with Crippen molar-refractivity contribution < 1.29 is 9.47 Å². The van der Waals surface area contributed by atoms with Crippen LogP contribution >= 0.6 is 0 Å². The van der Waals surface area contributed by atoms with Crippen LogP contribution < -0.4 is 10.5 Å². The second kappa shape index (κ2) is 6.21. The molecular formula is C15H23NO2. The molecule has 2 unspecified atom stereocenters. The Morgan fingerprint density at radius 3 is 2.72 bits per heavy atom. The van der Waals surface area contributed by atoms with Gasteiger partial charge in [-0.1, -0.05) is 18.2 Å². The Kier molecular flexibility index (Phi) is 4.61. The van der Waals surface area contributed by atoms with E-state index < -0.39 is 0 Å². The van der Waals surface area contributed by atoms with E-state index in [0.717, 1.165) is 30.8 Å². The molecule has 1 fully saturated rings. The predicted molar refractivity (Wildman–Crippen MR) is 72.7 cm³/mol. The van der Waals surface area contributed by atoms with Crippen LogP contribution in [-0.2, 0) is 4.74 Å². The molecule has 0 aliphatic carbocycles. The fraction of sp³-hybridized carbons (Fsp3) is 0.600. The zero-order valence-corrected chi connectivity index (χ0v) is 11.3. The smallest absolute Gasteiger partial charge is 0.124 e. The molecule has 0 amide bonds. The molecule has 18 heavy (non-hydrogen) atoms. The van der Waals surface area contributed by atoms with Gasteiger partial charge in [0.25, 0.3) is 0 Å². The molecule has 1 aromatic carbocycles. The van der Waals surface area contributed by atoms with Crippen molar-refractivity contribution in [3.8, 4) is 5.75 Å². The van der Waals surface area contributed by atoms with Crippen molar-refractivity contribution in [2.45, 2.75) is 51.4 Å². The molecule has 1 saturated heterocycles. The van der Waals surface area contributed by atoms with E-state index in [1.165, 1.54) is 6.42 Å². The fourth-order valence-electron chi connectivity index (χ4n) is 2.37. The average molecular weight is 249 g/mol. The number of ether oxygens (including phenoxy) is 2. The summed E-state index contributed by atoms with van der Waals surface area (Å²) in [6.45, 7) is 4.88. The minimum absolute atomic E-state index is 0.0970. The molecule has 2 atom stereocenters. The lowest BCUT2D eigenvalue weighted by Gasteiger charge is -2.29. The Hall–Kier alpha value is -1.06. The van der Waals surface area contributed by atoms with Gasteiger partial charge in [0.2, 0.25) is 0 Å². The number of hydrogen-bond acceptors (Lipinski definition) is 3. The molecule has 100 valence electrons. The van der Waals surface area contributed by atoms with E-state index >= 15 is 0 Å². The van der Waals surface area contributed by atoms with E-state index in [9.17, 15) is 0 Å². The Morgan fingerprint density at radius 2 is 2.06 bits per heavy atom. The van der Waals surface area contributed by atoms with Gasteiger partial charge in [0.1, 0.15) is 5.75 Å². The number of benzene rings is 1. The van der Waals surface area contributed by atoms with Crippen LogP contribution in [0.4, 0.5) is 0 Å². The van der Waals surface area contributed by atoms with Crippen LogP contribution in [0.15, 0.2) is 24.3 Å². The van der Waals surface area contributed by atoms with Crippen molar-refractivity contribution in [2.24, 2.45) is 5.73 Å². The Bertz CT molecular complexity index is 373. The third-order valence-electron chi connectivity index (χ3n) is 3.26. The lowest BCUT2D eigenvalue weighted by molar-refractivity contribution is -0.000626. The van der Waals surface area contributed by atoms with Gasteiger partial charge in [0.05, 0.1) is 18.2 Å². The molecule has 0 aromatic heterocycles. The summed E-state index contributed by atoms with van der Waals surface area (Å²) in [5.41, 5.74) is 7.40. The monoisotopic (exact) mass is 249 g/mol. The molecule has 1 aliphatic heterocycles. The van der Waals surface area contributed by atoms with Crippen LogP contribution in [0.2, 0.25) is 0 Å². The van der Waals surface area contributed by atoms with Crippen LogP contribution in [0.3, 0.4) is 0 Å². The minimum atomic E-state index is -0.0970. The number of hydrogen-bond donors (Lipinski definition) is 1. The van der Waals surface area contributed by atoms with Crippen LogP contribution in [0.5, 0.6) is 5.75 Å². The SMILES string of the molecule is CC(C)Oc1ccccc1C(N)C1CCCCO1. The molecule has 0 radical (unpaired) electrons. The standard InChI is InChI=1S/C15H23NO2/c1-11(2)18-13-8-4-3-7-12(13)15(16)14-9-5-6-10-17-14/h3-4,7-8,11,14-15H,5-6,9-10,16H2,1-2H3. The summed E-state index contributed by atoms with van der Waals surface area (Å²) in [7, 11) is 0. The fourth-order valence-corrected chi connectivity index (χ4v) is 2.37. The Morgan fingerprint density at radius 1 is 1.28 bits per heavy atom. The second-order valence-corrected chi connectivity index (χ2v) is 5.14. The quantitative estimate of drug-likeness (QED) is 0.892. The van der Waals surface area contributed by atoms with Crippen LogP contribution in [0.1, 0.15) is 44.7 Å². The average Bonchev–Trinajstić information content (AvgIpc) is 2.39. The molecule has 0 saturated carbocycles. The van der Waals surface area contributed by atoms with E-state index in [4.69, 9.17) is 15.2 Å². The summed E-state index contributed by atoms with van der Waals surface area (Å²) in [4.78, 5) is 0. The van der Waals surface area contributed by atoms with Gasteiger partial charge in [-0.3, -0.25) is 0 Å². The number of nitrogens with two attached hydrogens (primary N) is 1. The zero-order chi connectivity index (χ0) is 13.0. The third kappa shape index (κ3) is 3.24. The van der Waals surface area contributed by atoms with E-state index in [-0.39, 0.29) is 18.2 Å². The molecule has 3 nitrogen and oxygen atoms in total. The Balaban J connectivity index is 2.15. The second-order valence-electron chi connectivity index (χ2n) is 5.14. The molecule has 1 heterocycles. The summed E-state index contributed by atoms with van der Waals surface area (Å²) >= 11 is 0. The van der Waals surface area contributed by atoms with Gasteiger partial charge in [-0.15, -0.1) is 0 Å². The van der Waals surface area contributed by atoms with Crippen molar-refractivity contribution >= 4 is 0 Å². The normalized spacial score (nSPS) is 21.9. The maximum Gasteiger partial charge on any atom is 0.124 e. The highest BCUT2D eigenvalue weighted by Gasteiger charge is 2.25. The zero-order valence-electron chi connectivity index (χ0n) is 11.3. The van der Waals surface area contributed by atoms with E-state index in [1.807, 2.05) is 38.1 Å². The Labute approximate surface area is 109 Å². The highest BCUT2D eigenvalue weighted by Crippen LogP contribution is 2.30. The maximum atomic E-state index is 6.34. The summed E-state index contributed by atoms with van der Waals surface area (Å²) in [5.74, 6) is 0.883. The first-order valence-electron chi connectivity index (χ1n) is 6.81. The molecule has 0 spiro atoms. The van der Waals surface area contributed by atoms with E-state index in [0.29, 0.717) is 0 Å². The van der Waals surface area contributed by atoms with Gasteiger partial charge in [-0.25, -0.2) is 0 Å². The van der Waals surface area contributed by atoms with Crippen molar-refractivity contribution in [2.75, 3.05) is 6.61 Å². The van der Waals surface area contributed by atoms with E-state index in [2.05, 4.69) is 0 Å². The first-order valence-corrected chi connectivity index (χ1v) is 6.81. The van der Waals surface area contributed by atoms with Crippen molar-refractivity contribution in [1.29, 1.82) is 0 Å². The van der Waals surface area contributed by atoms with Crippen LogP contribution in [0.25, 0.3) is 0 Å². The van der Waals surface area contributed by atoms with Crippen molar-refractivity contribution in [3.05, 3.63) is 29.8 Å². The van der Waals surface area contributed by atoms with Gasteiger partial charge in [-0.05, 0) is 39.2 Å². The largest absolute Gasteiger partial charge is 0.491 e.